The molecular weight excluding hydrogens is 322 g/mol. The Morgan fingerprint density at radius 3 is 2.84 bits per heavy atom. The lowest BCUT2D eigenvalue weighted by molar-refractivity contribution is 0.589. The van der Waals surface area contributed by atoms with E-state index >= 15 is 0 Å². The van der Waals surface area contributed by atoms with Crippen LogP contribution in [0.25, 0.3) is 0 Å². The highest BCUT2D eigenvalue weighted by molar-refractivity contribution is 9.10. The van der Waals surface area contributed by atoms with Crippen LogP contribution in [0.1, 0.15) is 50.6 Å². The zero-order chi connectivity index (χ0) is 13.7. The number of hydrogen-bond donors (Lipinski definition) is 1. The van der Waals surface area contributed by atoms with Gasteiger partial charge in [0.15, 0.2) is 0 Å². The fourth-order valence-corrected chi connectivity index (χ4v) is 3.60. The van der Waals surface area contributed by atoms with Crippen molar-refractivity contribution < 1.29 is 0 Å². The van der Waals surface area contributed by atoms with Gasteiger partial charge in [-0.25, -0.2) is 0 Å². The summed E-state index contributed by atoms with van der Waals surface area (Å²) in [6.45, 7) is 3.12. The maximum absolute atomic E-state index is 6.19. The van der Waals surface area contributed by atoms with E-state index in [0.717, 1.165) is 16.0 Å². The number of rotatable bonds is 4. The first kappa shape index (κ1) is 15.1. The summed E-state index contributed by atoms with van der Waals surface area (Å²) >= 11 is 9.73. The van der Waals surface area contributed by atoms with Gasteiger partial charge in [-0.2, -0.15) is 0 Å². The summed E-state index contributed by atoms with van der Waals surface area (Å²) in [5.74, 6) is 0. The van der Waals surface area contributed by atoms with Crippen molar-refractivity contribution in [3.8, 4) is 0 Å². The predicted octanol–water partition coefficient (Wildman–Crippen LogP) is 5.64. The number of hydrogen-bond acceptors (Lipinski definition) is 1. The minimum absolute atomic E-state index is 0.304. The molecule has 0 saturated carbocycles. The molecule has 3 heteroatoms. The molecule has 0 aromatic heterocycles. The SMILES string of the molecule is CCNC(C1=CCCCCC1)c1cc(Cl)cc(Br)c1. The van der Waals surface area contributed by atoms with Crippen LogP contribution in [0.4, 0.5) is 0 Å². The molecule has 0 radical (unpaired) electrons. The van der Waals surface area contributed by atoms with Gasteiger partial charge in [-0.3, -0.25) is 0 Å². The third kappa shape index (κ3) is 4.34. The van der Waals surface area contributed by atoms with Crippen molar-refractivity contribution in [3.63, 3.8) is 0 Å². The zero-order valence-corrected chi connectivity index (χ0v) is 13.7. The van der Waals surface area contributed by atoms with Gasteiger partial charge < -0.3 is 5.32 Å². The highest BCUT2D eigenvalue weighted by atomic mass is 79.9. The molecule has 0 spiro atoms. The Kier molecular flexibility index (Phi) is 5.93. The number of halogens is 2. The largest absolute Gasteiger partial charge is 0.307 e. The van der Waals surface area contributed by atoms with Crippen molar-refractivity contribution in [2.24, 2.45) is 0 Å². The van der Waals surface area contributed by atoms with E-state index in [4.69, 9.17) is 11.6 Å². The summed E-state index contributed by atoms with van der Waals surface area (Å²) in [5.41, 5.74) is 2.78. The third-order valence-corrected chi connectivity index (χ3v) is 4.25. The number of allylic oxidation sites excluding steroid dienone is 1. The van der Waals surface area contributed by atoms with Crippen molar-refractivity contribution in [3.05, 3.63) is 44.9 Å². The van der Waals surface area contributed by atoms with Gasteiger partial charge in [0.25, 0.3) is 0 Å². The first-order chi connectivity index (χ1) is 9.20. The molecule has 2 rings (SSSR count). The Labute approximate surface area is 129 Å². The Bertz CT molecular complexity index is 436. The zero-order valence-electron chi connectivity index (χ0n) is 11.4. The second kappa shape index (κ2) is 7.47. The Hall–Kier alpha value is -0.310. The molecule has 0 bridgehead atoms. The van der Waals surface area contributed by atoms with Crippen molar-refractivity contribution in [1.82, 2.24) is 5.32 Å². The lowest BCUT2D eigenvalue weighted by atomic mass is 9.95. The molecule has 1 N–H and O–H groups in total. The van der Waals surface area contributed by atoms with Crippen molar-refractivity contribution in [2.75, 3.05) is 6.54 Å². The minimum atomic E-state index is 0.304. The van der Waals surface area contributed by atoms with Gasteiger partial charge in [0.05, 0.1) is 6.04 Å². The molecule has 0 saturated heterocycles. The summed E-state index contributed by atoms with van der Waals surface area (Å²) in [6.07, 6.45) is 8.80. The van der Waals surface area contributed by atoms with Crippen LogP contribution >= 0.6 is 27.5 Å². The van der Waals surface area contributed by atoms with Crippen LogP contribution in [0.15, 0.2) is 34.3 Å². The molecule has 1 unspecified atom stereocenters. The second-order valence-electron chi connectivity index (χ2n) is 5.07. The standard InChI is InChI=1S/C16H21BrClN/c1-2-19-16(12-7-5-3-4-6-8-12)13-9-14(17)11-15(18)10-13/h7,9-11,16,19H,2-6,8H2,1H3. The molecule has 1 nitrogen and oxygen atoms in total. The molecule has 0 heterocycles. The van der Waals surface area contributed by atoms with Crippen LogP contribution in [-0.4, -0.2) is 6.54 Å². The van der Waals surface area contributed by atoms with Gasteiger partial charge in [0, 0.05) is 9.50 Å². The average Bonchev–Trinajstić information content (AvgIpc) is 2.63. The van der Waals surface area contributed by atoms with E-state index in [9.17, 15) is 0 Å². The molecule has 1 aliphatic rings. The lowest BCUT2D eigenvalue weighted by Crippen LogP contribution is -2.23. The number of nitrogens with one attached hydrogen (secondary N) is 1. The van der Waals surface area contributed by atoms with Crippen molar-refractivity contribution >= 4 is 27.5 Å². The van der Waals surface area contributed by atoms with E-state index in [1.54, 1.807) is 0 Å². The smallest absolute Gasteiger partial charge is 0.0536 e. The van der Waals surface area contributed by atoms with Gasteiger partial charge in [-0.15, -0.1) is 0 Å². The lowest BCUT2D eigenvalue weighted by Gasteiger charge is -2.22. The van der Waals surface area contributed by atoms with Gasteiger partial charge >= 0.3 is 0 Å². The monoisotopic (exact) mass is 341 g/mol. The fourth-order valence-electron chi connectivity index (χ4n) is 2.71. The quantitative estimate of drug-likeness (QED) is 0.698. The fraction of sp³-hybridized carbons (Fsp3) is 0.500. The maximum Gasteiger partial charge on any atom is 0.0536 e. The van der Waals surface area contributed by atoms with Crippen LogP contribution in [0, 0.1) is 0 Å². The molecular formula is C16H21BrClN. The molecule has 1 aromatic rings. The van der Waals surface area contributed by atoms with Gasteiger partial charge in [-0.05, 0) is 56.0 Å². The van der Waals surface area contributed by atoms with E-state index in [1.165, 1.54) is 43.2 Å². The Morgan fingerprint density at radius 1 is 1.26 bits per heavy atom. The molecule has 0 amide bonds. The summed E-state index contributed by atoms with van der Waals surface area (Å²) in [4.78, 5) is 0. The second-order valence-corrected chi connectivity index (χ2v) is 6.42. The van der Waals surface area contributed by atoms with E-state index < -0.39 is 0 Å². The highest BCUT2D eigenvalue weighted by Gasteiger charge is 2.17. The normalized spacial score (nSPS) is 17.7. The predicted molar refractivity (Wildman–Crippen MR) is 86.7 cm³/mol. The molecule has 1 aromatic carbocycles. The maximum atomic E-state index is 6.19. The van der Waals surface area contributed by atoms with Crippen LogP contribution < -0.4 is 5.32 Å². The number of likely N-dealkylation sites (N-methyl/N-ethyl adjacent to an activating group) is 1. The molecule has 19 heavy (non-hydrogen) atoms. The van der Waals surface area contributed by atoms with E-state index in [1.807, 2.05) is 6.07 Å². The van der Waals surface area contributed by atoms with Crippen LogP contribution in [0.3, 0.4) is 0 Å². The van der Waals surface area contributed by atoms with Gasteiger partial charge in [-0.1, -0.05) is 52.5 Å². The van der Waals surface area contributed by atoms with E-state index in [-0.39, 0.29) is 0 Å². The average molecular weight is 343 g/mol. The summed E-state index contributed by atoms with van der Waals surface area (Å²) in [5, 5.41) is 4.40. The Balaban J connectivity index is 2.30. The van der Waals surface area contributed by atoms with Gasteiger partial charge in [0.2, 0.25) is 0 Å². The topological polar surface area (TPSA) is 12.0 Å². The highest BCUT2D eigenvalue weighted by Crippen LogP contribution is 2.32. The molecule has 0 fully saturated rings. The van der Waals surface area contributed by atoms with Crippen molar-refractivity contribution in [2.45, 2.75) is 45.1 Å². The summed E-state index contributed by atoms with van der Waals surface area (Å²) in [6, 6.07) is 6.49. The first-order valence-electron chi connectivity index (χ1n) is 7.09. The van der Waals surface area contributed by atoms with Gasteiger partial charge in [0.1, 0.15) is 0 Å². The van der Waals surface area contributed by atoms with E-state index in [0.29, 0.717) is 6.04 Å². The molecule has 104 valence electrons. The van der Waals surface area contributed by atoms with E-state index in [2.05, 4.69) is 46.4 Å². The minimum Gasteiger partial charge on any atom is -0.307 e. The summed E-state index contributed by atoms with van der Waals surface area (Å²) < 4.78 is 1.05. The summed E-state index contributed by atoms with van der Waals surface area (Å²) in [7, 11) is 0. The number of benzene rings is 1. The Morgan fingerprint density at radius 2 is 2.11 bits per heavy atom. The van der Waals surface area contributed by atoms with Crippen LogP contribution in [-0.2, 0) is 0 Å². The molecule has 0 aliphatic heterocycles. The van der Waals surface area contributed by atoms with Crippen LogP contribution in [0.2, 0.25) is 5.02 Å². The third-order valence-electron chi connectivity index (χ3n) is 3.57. The molecule has 1 aliphatic carbocycles. The van der Waals surface area contributed by atoms with Crippen LogP contribution in [0.5, 0.6) is 0 Å². The van der Waals surface area contributed by atoms with Crippen molar-refractivity contribution in [1.29, 1.82) is 0 Å². The molecule has 1 atom stereocenters. The first-order valence-corrected chi connectivity index (χ1v) is 8.26.